The molecule has 1 aromatic carbocycles. The summed E-state index contributed by atoms with van der Waals surface area (Å²) in [6.45, 7) is 2.86. The molecule has 0 aliphatic carbocycles. The Balaban J connectivity index is 1.74. The lowest BCUT2D eigenvalue weighted by molar-refractivity contribution is 0.0730. The van der Waals surface area contributed by atoms with Gasteiger partial charge in [-0.3, -0.25) is 9.10 Å². The molecule has 1 amide bonds. The number of aromatic nitrogens is 1. The highest BCUT2D eigenvalue weighted by molar-refractivity contribution is 7.92. The van der Waals surface area contributed by atoms with Gasteiger partial charge in [0, 0.05) is 32.2 Å². The number of nitrogens with one attached hydrogen (secondary N) is 1. The third-order valence-electron chi connectivity index (χ3n) is 6.44. The summed E-state index contributed by atoms with van der Waals surface area (Å²) in [5.41, 5.74) is 1.19. The van der Waals surface area contributed by atoms with Gasteiger partial charge in [0.25, 0.3) is 5.91 Å². The molecule has 2 aromatic heterocycles. The molecule has 11 nitrogen and oxygen atoms in total. The normalized spacial score (nSPS) is 15.0. The Morgan fingerprint density at radius 1 is 1.15 bits per heavy atom. The number of hydrogen-bond donors (Lipinski definition) is 1. The van der Waals surface area contributed by atoms with Crippen LogP contribution in [0.15, 0.2) is 34.7 Å². The number of carbonyl (C=O) groups is 1. The van der Waals surface area contributed by atoms with Crippen LogP contribution < -0.4 is 9.62 Å². The number of anilines is 1. The van der Waals surface area contributed by atoms with Gasteiger partial charge in [-0.2, -0.15) is 9.29 Å². The lowest BCUT2D eigenvalue weighted by atomic mass is 10.0. The number of aryl methyl sites for hydroxylation is 1. The van der Waals surface area contributed by atoms with Gasteiger partial charge in [-0.15, -0.1) is 0 Å². The second-order valence-corrected chi connectivity index (χ2v) is 13.1. The molecule has 1 saturated heterocycles. The predicted octanol–water partition coefficient (Wildman–Crippen LogP) is 2.37. The molecule has 3 aromatic rings. The highest BCUT2D eigenvalue weighted by Gasteiger charge is 2.29. The van der Waals surface area contributed by atoms with Crippen molar-refractivity contribution in [2.24, 2.45) is 0 Å². The zero-order chi connectivity index (χ0) is 28.4. The first kappa shape index (κ1) is 28.9. The number of halogens is 1. The van der Waals surface area contributed by atoms with Gasteiger partial charge < -0.3 is 14.5 Å². The number of amides is 1. The van der Waals surface area contributed by atoms with E-state index in [1.165, 1.54) is 35.6 Å². The number of rotatable bonds is 10. The molecule has 0 radical (unpaired) electrons. The van der Waals surface area contributed by atoms with E-state index in [1.54, 1.807) is 6.07 Å². The number of hydrogen-bond acceptors (Lipinski definition) is 8. The molecule has 0 spiro atoms. The minimum atomic E-state index is -3.86. The number of benzene rings is 1. The van der Waals surface area contributed by atoms with E-state index in [4.69, 9.17) is 9.15 Å². The van der Waals surface area contributed by atoms with Gasteiger partial charge >= 0.3 is 0 Å². The Hall–Kier alpha value is -3.07. The number of ether oxygens (including phenoxy) is 1. The van der Waals surface area contributed by atoms with Crippen molar-refractivity contribution in [2.75, 3.05) is 56.2 Å². The molecular weight excluding hydrogens is 551 g/mol. The van der Waals surface area contributed by atoms with Gasteiger partial charge in [0.15, 0.2) is 0 Å². The lowest BCUT2D eigenvalue weighted by Crippen LogP contribution is -2.42. The number of fused-ring (bicyclic) bond motifs is 1. The Morgan fingerprint density at radius 3 is 2.41 bits per heavy atom. The lowest BCUT2D eigenvalue weighted by Gasteiger charge is -2.27. The third kappa shape index (κ3) is 6.24. The average Bonchev–Trinajstić information content (AvgIpc) is 3.28. The smallest absolute Gasteiger partial charge is 0.255 e. The van der Waals surface area contributed by atoms with Crippen molar-refractivity contribution in [2.45, 2.75) is 19.8 Å². The van der Waals surface area contributed by atoms with E-state index in [9.17, 15) is 26.0 Å². The predicted molar refractivity (Wildman–Crippen MR) is 145 cm³/mol. The summed E-state index contributed by atoms with van der Waals surface area (Å²) in [6, 6.07) is 7.07. The molecular formula is C25H31FN4O7S2. The van der Waals surface area contributed by atoms with Crippen LogP contribution in [0, 0.1) is 5.82 Å². The summed E-state index contributed by atoms with van der Waals surface area (Å²) < 4.78 is 78.3. The molecule has 1 fully saturated rings. The van der Waals surface area contributed by atoms with E-state index in [-0.39, 0.29) is 54.7 Å². The van der Waals surface area contributed by atoms with Crippen LogP contribution in [0.1, 0.15) is 29.3 Å². The average molecular weight is 583 g/mol. The molecule has 0 saturated carbocycles. The molecule has 1 N–H and O–H groups in total. The number of nitrogens with zero attached hydrogens (tertiary/aromatic N) is 3. The Kier molecular flexibility index (Phi) is 8.59. The van der Waals surface area contributed by atoms with Crippen molar-refractivity contribution in [1.82, 2.24) is 14.6 Å². The van der Waals surface area contributed by atoms with Gasteiger partial charge in [-0.05, 0) is 48.7 Å². The summed E-state index contributed by atoms with van der Waals surface area (Å²) >= 11 is 0. The monoisotopic (exact) mass is 582 g/mol. The molecule has 212 valence electrons. The van der Waals surface area contributed by atoms with Crippen molar-refractivity contribution in [3.63, 3.8) is 0 Å². The first-order valence-electron chi connectivity index (χ1n) is 12.4. The second kappa shape index (κ2) is 11.6. The highest BCUT2D eigenvalue weighted by atomic mass is 32.2. The number of furan rings is 1. The molecule has 1 aliphatic heterocycles. The van der Waals surface area contributed by atoms with E-state index in [2.05, 4.69) is 10.3 Å². The summed E-state index contributed by atoms with van der Waals surface area (Å²) in [6.07, 6.45) is 1.44. The summed E-state index contributed by atoms with van der Waals surface area (Å²) in [7, 11) is -5.98. The zero-order valence-corrected chi connectivity index (χ0v) is 23.6. The van der Waals surface area contributed by atoms with Crippen molar-refractivity contribution in [1.29, 1.82) is 0 Å². The van der Waals surface area contributed by atoms with Crippen LogP contribution in [0.3, 0.4) is 0 Å². The van der Waals surface area contributed by atoms with Crippen molar-refractivity contribution in [3.05, 3.63) is 47.3 Å². The molecule has 3 heterocycles. The highest BCUT2D eigenvalue weighted by Crippen LogP contribution is 2.36. The first-order chi connectivity index (χ1) is 18.5. The fraction of sp³-hybridized carbons (Fsp3) is 0.440. The Labute approximate surface area is 227 Å². The van der Waals surface area contributed by atoms with E-state index in [0.29, 0.717) is 36.1 Å². The van der Waals surface area contributed by atoms with Crippen LogP contribution in [0.4, 0.5) is 10.2 Å². The van der Waals surface area contributed by atoms with Crippen LogP contribution in [-0.4, -0.2) is 83.9 Å². The minimum absolute atomic E-state index is 0.0229. The maximum absolute atomic E-state index is 13.5. The SMILES string of the molecule is CCc1cc2c(C(=O)NC)c(-c3ccc(F)cc3)oc2nc1N(CCCS(=O)(=O)N1CCOCC1)S(C)(=O)=O. The maximum atomic E-state index is 13.5. The molecule has 0 unspecified atom stereocenters. The summed E-state index contributed by atoms with van der Waals surface area (Å²) in [5, 5.41) is 2.95. The zero-order valence-electron chi connectivity index (χ0n) is 21.9. The molecule has 4 rings (SSSR count). The Bertz CT molecular complexity index is 1570. The van der Waals surface area contributed by atoms with Crippen LogP contribution in [0.5, 0.6) is 0 Å². The summed E-state index contributed by atoms with van der Waals surface area (Å²) in [5.74, 6) is -0.876. The second-order valence-electron chi connectivity index (χ2n) is 9.09. The first-order valence-corrected chi connectivity index (χ1v) is 15.9. The van der Waals surface area contributed by atoms with Crippen LogP contribution >= 0.6 is 0 Å². The molecule has 14 heteroatoms. The summed E-state index contributed by atoms with van der Waals surface area (Å²) in [4.78, 5) is 17.4. The van der Waals surface area contributed by atoms with Gasteiger partial charge in [-0.1, -0.05) is 6.92 Å². The quantitative estimate of drug-likeness (QED) is 0.385. The van der Waals surface area contributed by atoms with Crippen LogP contribution in [0.2, 0.25) is 0 Å². The van der Waals surface area contributed by atoms with Gasteiger partial charge in [0.1, 0.15) is 17.4 Å². The molecule has 0 bridgehead atoms. The van der Waals surface area contributed by atoms with E-state index in [0.717, 1.165) is 10.6 Å². The standard InChI is InChI=1S/C25H31FN4O7S2/c1-4-17-16-20-21(24(31)27-2)22(18-6-8-19(26)9-7-18)37-25(20)28-23(17)30(38(3,32)33)10-5-15-39(34,35)29-11-13-36-14-12-29/h6-9,16H,4-5,10-15H2,1-3H3,(H,27,31). The van der Waals surface area contributed by atoms with Crippen LogP contribution in [-0.2, 0) is 31.2 Å². The minimum Gasteiger partial charge on any atom is -0.437 e. The van der Waals surface area contributed by atoms with E-state index < -0.39 is 31.8 Å². The Morgan fingerprint density at radius 2 is 1.82 bits per heavy atom. The largest absolute Gasteiger partial charge is 0.437 e. The third-order valence-corrected chi connectivity index (χ3v) is 9.56. The van der Waals surface area contributed by atoms with E-state index >= 15 is 0 Å². The van der Waals surface area contributed by atoms with Gasteiger partial charge in [0.05, 0.1) is 36.2 Å². The number of morpholine rings is 1. The molecule has 39 heavy (non-hydrogen) atoms. The van der Waals surface area contributed by atoms with E-state index in [1.807, 2.05) is 6.92 Å². The van der Waals surface area contributed by atoms with Crippen molar-refractivity contribution in [3.8, 4) is 11.3 Å². The van der Waals surface area contributed by atoms with Gasteiger partial charge in [0.2, 0.25) is 25.8 Å². The van der Waals surface area contributed by atoms with Gasteiger partial charge in [-0.25, -0.2) is 21.2 Å². The van der Waals surface area contributed by atoms with Crippen molar-refractivity contribution >= 4 is 42.9 Å². The molecule has 0 atom stereocenters. The number of pyridine rings is 1. The van der Waals surface area contributed by atoms with Crippen LogP contribution in [0.25, 0.3) is 22.4 Å². The maximum Gasteiger partial charge on any atom is 0.255 e. The topological polar surface area (TPSA) is 139 Å². The van der Waals surface area contributed by atoms with Crippen molar-refractivity contribution < 1.29 is 35.2 Å². The number of carbonyl (C=O) groups excluding carboxylic acids is 1. The molecule has 1 aliphatic rings. The number of sulfonamides is 2. The fourth-order valence-corrected chi connectivity index (χ4v) is 6.85. The fourth-order valence-electron chi connectivity index (χ4n) is 4.46.